The summed E-state index contributed by atoms with van der Waals surface area (Å²) in [6.45, 7) is 1.67. The zero-order valence-electron chi connectivity index (χ0n) is 11.2. The third-order valence-corrected chi connectivity index (χ3v) is 3.51. The Bertz CT molecular complexity index is 669. The van der Waals surface area contributed by atoms with E-state index in [1.807, 2.05) is 19.2 Å². The third-order valence-electron chi connectivity index (χ3n) is 3.51. The van der Waals surface area contributed by atoms with Crippen LogP contribution in [-0.4, -0.2) is 17.9 Å². The van der Waals surface area contributed by atoms with Crippen molar-refractivity contribution in [3.63, 3.8) is 0 Å². The highest BCUT2D eigenvalue weighted by atomic mass is 19.1. The van der Waals surface area contributed by atoms with Crippen LogP contribution in [0.5, 0.6) is 0 Å². The fourth-order valence-corrected chi connectivity index (χ4v) is 2.54. The number of amides is 1. The smallest absolute Gasteiger partial charge is 0.258 e. The van der Waals surface area contributed by atoms with Crippen LogP contribution in [0.25, 0.3) is 0 Å². The highest BCUT2D eigenvalue weighted by Crippen LogP contribution is 2.28. The first-order chi connectivity index (χ1) is 9.65. The van der Waals surface area contributed by atoms with Gasteiger partial charge in [-0.25, -0.2) is 4.39 Å². The Morgan fingerprint density at radius 3 is 2.75 bits per heavy atom. The predicted octanol–water partition coefficient (Wildman–Crippen LogP) is 3.02. The molecule has 3 nitrogen and oxygen atoms in total. The Kier molecular flexibility index (Phi) is 3.24. The molecule has 102 valence electrons. The molecule has 0 aromatic heterocycles. The summed E-state index contributed by atoms with van der Waals surface area (Å²) < 4.78 is 13.6. The number of hydrogen-bond donors (Lipinski definition) is 1. The molecule has 2 aromatic carbocycles. The summed E-state index contributed by atoms with van der Waals surface area (Å²) in [4.78, 5) is 14.3. The predicted molar refractivity (Wildman–Crippen MR) is 76.0 cm³/mol. The van der Waals surface area contributed by atoms with Gasteiger partial charge in [0.1, 0.15) is 5.82 Å². The van der Waals surface area contributed by atoms with Gasteiger partial charge < -0.3 is 5.32 Å². The number of anilines is 1. The number of carbonyl (C=O) groups excluding carboxylic acids is 1. The number of nitrogens with one attached hydrogen (secondary N) is 1. The maximum atomic E-state index is 13.6. The molecule has 2 aromatic rings. The molecule has 1 N–H and O–H groups in total. The third kappa shape index (κ3) is 2.30. The van der Waals surface area contributed by atoms with E-state index < -0.39 is 11.7 Å². The first kappa shape index (κ1) is 12.8. The summed E-state index contributed by atoms with van der Waals surface area (Å²) in [7, 11) is 2.03. The molecule has 0 atom stereocenters. The Morgan fingerprint density at radius 2 is 1.95 bits per heavy atom. The van der Waals surface area contributed by atoms with Crippen molar-refractivity contribution in [2.24, 2.45) is 0 Å². The molecule has 0 spiro atoms. The van der Waals surface area contributed by atoms with Crippen LogP contribution in [0, 0.1) is 5.82 Å². The highest BCUT2D eigenvalue weighted by Gasteiger charge is 2.20. The lowest BCUT2D eigenvalue weighted by Crippen LogP contribution is -2.15. The molecule has 0 saturated carbocycles. The summed E-state index contributed by atoms with van der Waals surface area (Å²) in [5, 5.41) is 2.81. The van der Waals surface area contributed by atoms with Crippen molar-refractivity contribution in [2.75, 3.05) is 12.4 Å². The van der Waals surface area contributed by atoms with E-state index in [4.69, 9.17) is 0 Å². The molecule has 0 radical (unpaired) electrons. The lowest BCUT2D eigenvalue weighted by Gasteiger charge is -2.10. The molecular formula is C16H15FN2O. The van der Waals surface area contributed by atoms with Crippen LogP contribution < -0.4 is 5.32 Å². The molecule has 0 fully saturated rings. The molecule has 4 heteroatoms. The van der Waals surface area contributed by atoms with Crippen LogP contribution in [0.15, 0.2) is 42.5 Å². The Hall–Kier alpha value is -2.20. The summed E-state index contributed by atoms with van der Waals surface area (Å²) in [6.07, 6.45) is 0. The monoisotopic (exact) mass is 270 g/mol. The van der Waals surface area contributed by atoms with Gasteiger partial charge in [0.15, 0.2) is 0 Å². The Labute approximate surface area is 117 Å². The number of rotatable bonds is 2. The van der Waals surface area contributed by atoms with Gasteiger partial charge in [0, 0.05) is 18.8 Å². The van der Waals surface area contributed by atoms with E-state index in [2.05, 4.69) is 16.3 Å². The minimum Gasteiger partial charge on any atom is -0.322 e. The summed E-state index contributed by atoms with van der Waals surface area (Å²) in [5.41, 5.74) is 3.15. The van der Waals surface area contributed by atoms with Crippen LogP contribution in [0.1, 0.15) is 21.5 Å². The zero-order chi connectivity index (χ0) is 14.1. The molecule has 3 rings (SSSR count). The number of benzene rings is 2. The lowest BCUT2D eigenvalue weighted by molar-refractivity contribution is 0.102. The topological polar surface area (TPSA) is 32.3 Å². The van der Waals surface area contributed by atoms with E-state index in [0.29, 0.717) is 0 Å². The zero-order valence-corrected chi connectivity index (χ0v) is 11.2. The van der Waals surface area contributed by atoms with Gasteiger partial charge in [-0.05, 0) is 36.4 Å². The first-order valence-electron chi connectivity index (χ1n) is 6.50. The van der Waals surface area contributed by atoms with Gasteiger partial charge in [0.25, 0.3) is 5.91 Å². The summed E-state index contributed by atoms with van der Waals surface area (Å²) >= 11 is 0. The number of hydrogen-bond acceptors (Lipinski definition) is 2. The van der Waals surface area contributed by atoms with Crippen LogP contribution in [0.2, 0.25) is 0 Å². The summed E-state index contributed by atoms with van der Waals surface area (Å²) in [5.74, 6) is -0.916. The van der Waals surface area contributed by atoms with Gasteiger partial charge in [-0.3, -0.25) is 9.69 Å². The first-order valence-corrected chi connectivity index (χ1v) is 6.50. The van der Waals surface area contributed by atoms with Gasteiger partial charge in [-0.2, -0.15) is 0 Å². The number of halogens is 1. The average molecular weight is 270 g/mol. The molecule has 0 unspecified atom stereocenters. The van der Waals surface area contributed by atoms with Crippen molar-refractivity contribution in [3.05, 3.63) is 65.0 Å². The fourth-order valence-electron chi connectivity index (χ4n) is 2.54. The molecule has 20 heavy (non-hydrogen) atoms. The van der Waals surface area contributed by atoms with Crippen molar-refractivity contribution in [3.8, 4) is 0 Å². The normalized spacial score (nSPS) is 14.1. The van der Waals surface area contributed by atoms with Crippen molar-refractivity contribution in [1.29, 1.82) is 0 Å². The van der Waals surface area contributed by atoms with Crippen LogP contribution in [0.3, 0.4) is 0 Å². The number of carbonyl (C=O) groups is 1. The molecule has 0 aliphatic carbocycles. The second kappa shape index (κ2) is 5.06. The number of nitrogens with zero attached hydrogens (tertiary/aromatic N) is 1. The molecule has 1 heterocycles. The largest absolute Gasteiger partial charge is 0.322 e. The molecule has 1 aliphatic heterocycles. The maximum Gasteiger partial charge on any atom is 0.258 e. The molecule has 0 bridgehead atoms. The number of fused-ring (bicyclic) bond motifs is 1. The van der Waals surface area contributed by atoms with Crippen LogP contribution in [0.4, 0.5) is 10.1 Å². The van der Waals surface area contributed by atoms with Crippen LogP contribution in [-0.2, 0) is 13.1 Å². The van der Waals surface area contributed by atoms with E-state index in [0.717, 1.165) is 24.3 Å². The molecule has 0 saturated heterocycles. The van der Waals surface area contributed by atoms with Gasteiger partial charge in [0.05, 0.1) is 5.56 Å². The van der Waals surface area contributed by atoms with E-state index in [9.17, 15) is 9.18 Å². The molecular weight excluding hydrogens is 255 g/mol. The van der Waals surface area contributed by atoms with Gasteiger partial charge in [-0.1, -0.05) is 24.3 Å². The second-order valence-electron chi connectivity index (χ2n) is 5.05. The average Bonchev–Trinajstić information content (AvgIpc) is 2.80. The van der Waals surface area contributed by atoms with Gasteiger partial charge in [-0.15, -0.1) is 0 Å². The van der Waals surface area contributed by atoms with Crippen molar-refractivity contribution in [2.45, 2.75) is 13.1 Å². The van der Waals surface area contributed by atoms with Crippen LogP contribution >= 0.6 is 0 Å². The standard InChI is InChI=1S/C16H15FN2O/c1-19-9-11-5-4-8-15(13(11)10-19)18-16(20)12-6-2-3-7-14(12)17/h2-8H,9-10H2,1H3,(H,18,20). The van der Waals surface area contributed by atoms with Crippen molar-refractivity contribution in [1.82, 2.24) is 4.90 Å². The van der Waals surface area contributed by atoms with Crippen molar-refractivity contribution < 1.29 is 9.18 Å². The van der Waals surface area contributed by atoms with E-state index in [1.54, 1.807) is 12.1 Å². The summed E-state index contributed by atoms with van der Waals surface area (Å²) in [6, 6.07) is 11.8. The highest BCUT2D eigenvalue weighted by molar-refractivity contribution is 6.04. The maximum absolute atomic E-state index is 13.6. The van der Waals surface area contributed by atoms with E-state index in [1.165, 1.54) is 17.7 Å². The lowest BCUT2D eigenvalue weighted by atomic mass is 10.1. The van der Waals surface area contributed by atoms with Gasteiger partial charge in [0.2, 0.25) is 0 Å². The van der Waals surface area contributed by atoms with E-state index in [-0.39, 0.29) is 5.56 Å². The Balaban J connectivity index is 1.88. The molecule has 1 aliphatic rings. The fraction of sp³-hybridized carbons (Fsp3) is 0.188. The van der Waals surface area contributed by atoms with Crippen molar-refractivity contribution >= 4 is 11.6 Å². The quantitative estimate of drug-likeness (QED) is 0.909. The minimum absolute atomic E-state index is 0.0662. The second-order valence-corrected chi connectivity index (χ2v) is 5.05. The van der Waals surface area contributed by atoms with E-state index >= 15 is 0 Å². The minimum atomic E-state index is -0.505. The molecule has 1 amide bonds. The van der Waals surface area contributed by atoms with Gasteiger partial charge >= 0.3 is 0 Å². The SMILES string of the molecule is CN1Cc2cccc(NC(=O)c3ccccc3F)c2C1. The Morgan fingerprint density at radius 1 is 1.15 bits per heavy atom.